The van der Waals surface area contributed by atoms with Gasteiger partial charge >= 0.3 is 5.69 Å². The van der Waals surface area contributed by atoms with E-state index in [1.165, 1.54) is 11.0 Å². The number of oxazole rings is 1. The Labute approximate surface area is 135 Å². The second-order valence-corrected chi connectivity index (χ2v) is 5.97. The van der Waals surface area contributed by atoms with E-state index in [1.807, 2.05) is 18.2 Å². The first-order chi connectivity index (χ1) is 11.7. The summed E-state index contributed by atoms with van der Waals surface area (Å²) in [5.41, 5.74) is 8.73. The lowest BCUT2D eigenvalue weighted by atomic mass is 10.2. The highest BCUT2D eigenvalue weighted by atomic mass is 16.3. The van der Waals surface area contributed by atoms with Crippen LogP contribution in [0, 0.1) is 0 Å². The molecule has 1 aliphatic carbocycles. The van der Waals surface area contributed by atoms with E-state index in [0.717, 1.165) is 18.5 Å². The lowest BCUT2D eigenvalue weighted by Gasteiger charge is -2.11. The van der Waals surface area contributed by atoms with Gasteiger partial charge in [-0.3, -0.25) is 0 Å². The van der Waals surface area contributed by atoms with E-state index in [0.29, 0.717) is 33.7 Å². The molecule has 0 saturated heterocycles. The maximum Gasteiger partial charge on any atom is 0.355 e. The van der Waals surface area contributed by atoms with Gasteiger partial charge in [0, 0.05) is 11.6 Å². The molecule has 0 spiro atoms. The van der Waals surface area contributed by atoms with Crippen molar-refractivity contribution in [3.8, 4) is 5.69 Å². The minimum atomic E-state index is -0.476. The Morgan fingerprint density at radius 1 is 1.17 bits per heavy atom. The molecule has 5 rings (SSSR count). The maximum atomic E-state index is 12.6. The summed E-state index contributed by atoms with van der Waals surface area (Å²) in [4.78, 5) is 25.5. The van der Waals surface area contributed by atoms with Crippen LogP contribution in [0.25, 0.3) is 27.8 Å². The summed E-state index contributed by atoms with van der Waals surface area (Å²) in [6.45, 7) is 0. The van der Waals surface area contributed by atoms with Gasteiger partial charge < -0.3 is 10.2 Å². The molecule has 7 nitrogen and oxygen atoms in total. The predicted octanol–water partition coefficient (Wildman–Crippen LogP) is 2.38. The van der Waals surface area contributed by atoms with Gasteiger partial charge in [0.15, 0.2) is 17.6 Å². The van der Waals surface area contributed by atoms with Crippen LogP contribution in [-0.4, -0.2) is 19.5 Å². The van der Waals surface area contributed by atoms with Crippen LogP contribution in [-0.2, 0) is 0 Å². The maximum absolute atomic E-state index is 12.6. The van der Waals surface area contributed by atoms with Crippen molar-refractivity contribution in [2.24, 2.45) is 0 Å². The summed E-state index contributed by atoms with van der Waals surface area (Å²) in [5.74, 6) is 0.656. The molecule has 0 aliphatic heterocycles. The van der Waals surface area contributed by atoms with Crippen molar-refractivity contribution in [3.63, 3.8) is 0 Å². The Morgan fingerprint density at radius 2 is 2.04 bits per heavy atom. The van der Waals surface area contributed by atoms with Crippen LogP contribution in [0.15, 0.2) is 45.9 Å². The number of nitrogens with two attached hydrogens (primary N) is 1. The number of rotatable bonds is 2. The fourth-order valence-electron chi connectivity index (χ4n) is 3.01. The molecular weight excluding hydrogens is 306 g/mol. The van der Waals surface area contributed by atoms with Gasteiger partial charge in [-0.1, -0.05) is 6.07 Å². The zero-order valence-corrected chi connectivity index (χ0v) is 12.6. The van der Waals surface area contributed by atoms with Gasteiger partial charge in [0.2, 0.25) is 0 Å². The molecule has 0 amide bonds. The van der Waals surface area contributed by atoms with Gasteiger partial charge in [0.05, 0.1) is 11.1 Å². The zero-order valence-electron chi connectivity index (χ0n) is 12.6. The van der Waals surface area contributed by atoms with Crippen LogP contribution in [0.5, 0.6) is 0 Å². The summed E-state index contributed by atoms with van der Waals surface area (Å²) in [7, 11) is 0. The van der Waals surface area contributed by atoms with Gasteiger partial charge in [-0.05, 0) is 37.1 Å². The third-order valence-corrected chi connectivity index (χ3v) is 4.37. The number of nitrogens with zero attached hydrogens (tertiary/aromatic N) is 4. The third-order valence-electron chi connectivity index (χ3n) is 4.37. The first-order valence-electron chi connectivity index (χ1n) is 7.74. The van der Waals surface area contributed by atoms with E-state index >= 15 is 0 Å². The molecule has 0 unspecified atom stereocenters. The first kappa shape index (κ1) is 13.2. The fourth-order valence-corrected chi connectivity index (χ4v) is 3.01. The quantitative estimate of drug-likeness (QED) is 0.609. The number of benzene rings is 1. The number of aromatic nitrogens is 4. The van der Waals surface area contributed by atoms with E-state index in [1.54, 1.807) is 12.1 Å². The number of nitrogen functional groups attached to an aromatic ring is 1. The SMILES string of the molecule is Nc1nc(=O)n(-c2cccc3ocnc23)c2nc(C3CC3)ccc12. The number of hydrogen-bond donors (Lipinski definition) is 1. The summed E-state index contributed by atoms with van der Waals surface area (Å²) in [5, 5.41) is 0.652. The number of hydrogen-bond acceptors (Lipinski definition) is 6. The first-order valence-corrected chi connectivity index (χ1v) is 7.74. The van der Waals surface area contributed by atoms with E-state index in [2.05, 4.69) is 9.97 Å². The number of anilines is 1. The summed E-state index contributed by atoms with van der Waals surface area (Å²) in [6, 6.07) is 9.25. The molecule has 24 heavy (non-hydrogen) atoms. The van der Waals surface area contributed by atoms with Crippen molar-refractivity contribution in [2.75, 3.05) is 5.73 Å². The predicted molar refractivity (Wildman–Crippen MR) is 89.1 cm³/mol. The Balaban J connectivity index is 1.91. The average Bonchev–Trinajstić information content (AvgIpc) is 3.32. The van der Waals surface area contributed by atoms with E-state index < -0.39 is 5.69 Å². The molecule has 0 radical (unpaired) electrons. The molecule has 3 aromatic heterocycles. The lowest BCUT2D eigenvalue weighted by molar-refractivity contribution is 0.602. The van der Waals surface area contributed by atoms with E-state index in [-0.39, 0.29) is 5.82 Å². The van der Waals surface area contributed by atoms with Crippen molar-refractivity contribution >= 4 is 28.0 Å². The van der Waals surface area contributed by atoms with Crippen LogP contribution in [0.4, 0.5) is 5.82 Å². The Bertz CT molecular complexity index is 1160. The number of fused-ring (bicyclic) bond motifs is 2. The molecule has 0 bridgehead atoms. The van der Waals surface area contributed by atoms with Gasteiger partial charge in [0.1, 0.15) is 11.3 Å². The highest BCUT2D eigenvalue weighted by Crippen LogP contribution is 2.39. The molecule has 1 aromatic carbocycles. The van der Waals surface area contributed by atoms with Gasteiger partial charge in [-0.25, -0.2) is 19.3 Å². The molecule has 1 saturated carbocycles. The molecule has 0 atom stereocenters. The van der Waals surface area contributed by atoms with E-state index in [9.17, 15) is 4.79 Å². The van der Waals surface area contributed by atoms with Gasteiger partial charge in [-0.15, -0.1) is 0 Å². The minimum Gasteiger partial charge on any atom is -0.443 e. The molecular formula is C17H13N5O2. The molecule has 3 heterocycles. The smallest absolute Gasteiger partial charge is 0.355 e. The number of pyridine rings is 1. The van der Waals surface area contributed by atoms with Gasteiger partial charge in [0.25, 0.3) is 0 Å². The lowest BCUT2D eigenvalue weighted by Crippen LogP contribution is -2.24. The largest absolute Gasteiger partial charge is 0.443 e. The van der Waals surface area contributed by atoms with Crippen molar-refractivity contribution in [2.45, 2.75) is 18.8 Å². The fraction of sp³-hybridized carbons (Fsp3) is 0.176. The minimum absolute atomic E-state index is 0.188. The van der Waals surface area contributed by atoms with Crippen LogP contribution < -0.4 is 11.4 Å². The molecule has 2 N–H and O–H groups in total. The molecule has 118 valence electrons. The van der Waals surface area contributed by atoms with Crippen LogP contribution in [0.3, 0.4) is 0 Å². The topological polar surface area (TPSA) is 99.8 Å². The summed E-state index contributed by atoms with van der Waals surface area (Å²) in [6.07, 6.45) is 3.61. The normalized spacial score (nSPS) is 14.5. The summed E-state index contributed by atoms with van der Waals surface area (Å²) < 4.78 is 6.80. The van der Waals surface area contributed by atoms with Gasteiger partial charge in [-0.2, -0.15) is 4.98 Å². The van der Waals surface area contributed by atoms with Crippen molar-refractivity contribution in [1.29, 1.82) is 0 Å². The monoisotopic (exact) mass is 319 g/mol. The average molecular weight is 319 g/mol. The standard InChI is InChI=1S/C17H13N5O2/c18-15-10-6-7-11(9-4-5-9)20-16(10)22(17(23)21-15)12-2-1-3-13-14(12)19-8-24-13/h1-3,6-9H,4-5H2,(H2,18,21,23). The van der Waals surface area contributed by atoms with Crippen LogP contribution in [0.2, 0.25) is 0 Å². The summed E-state index contributed by atoms with van der Waals surface area (Å²) >= 11 is 0. The number of para-hydroxylation sites is 1. The third kappa shape index (κ3) is 1.84. The Kier molecular flexibility index (Phi) is 2.56. The van der Waals surface area contributed by atoms with Crippen LogP contribution in [0.1, 0.15) is 24.5 Å². The molecule has 1 fully saturated rings. The molecule has 1 aliphatic rings. The van der Waals surface area contributed by atoms with Crippen LogP contribution >= 0.6 is 0 Å². The van der Waals surface area contributed by atoms with E-state index in [4.69, 9.17) is 15.1 Å². The zero-order chi connectivity index (χ0) is 16.3. The highest BCUT2D eigenvalue weighted by molar-refractivity contribution is 5.89. The Morgan fingerprint density at radius 3 is 2.88 bits per heavy atom. The second-order valence-electron chi connectivity index (χ2n) is 5.97. The Hall–Kier alpha value is -3.22. The van der Waals surface area contributed by atoms with Crippen molar-refractivity contribution < 1.29 is 4.42 Å². The van der Waals surface area contributed by atoms with Crippen molar-refractivity contribution in [3.05, 3.63) is 52.9 Å². The molecule has 7 heteroatoms. The molecule has 4 aromatic rings. The highest BCUT2D eigenvalue weighted by Gasteiger charge is 2.26. The second kappa shape index (κ2) is 4.64. The van der Waals surface area contributed by atoms with Crippen molar-refractivity contribution in [1.82, 2.24) is 19.5 Å².